The monoisotopic (exact) mass is 250 g/mol. The second-order valence-electron chi connectivity index (χ2n) is 3.64. The maximum absolute atomic E-state index is 13.3. The van der Waals surface area contributed by atoms with Crippen molar-refractivity contribution in [2.45, 2.75) is 0 Å². The van der Waals surface area contributed by atoms with Crippen molar-refractivity contribution in [2.75, 3.05) is 12.8 Å². The summed E-state index contributed by atoms with van der Waals surface area (Å²) in [6.07, 6.45) is 1.35. The van der Waals surface area contributed by atoms with Gasteiger partial charge in [-0.1, -0.05) is 0 Å². The molecule has 1 aromatic carbocycles. The van der Waals surface area contributed by atoms with Crippen molar-refractivity contribution >= 4 is 11.7 Å². The standard InChI is InChI=1S/C12H11FN2O3/c1-18-9-3-2-6(13)4-7(9)11-10(12(16)17)8(14)5-15-11/h2-5,15H,14H2,1H3,(H,16,17). The van der Waals surface area contributed by atoms with Crippen LogP contribution in [0, 0.1) is 5.82 Å². The number of nitrogens with two attached hydrogens (primary N) is 1. The molecule has 0 spiro atoms. The van der Waals surface area contributed by atoms with E-state index in [1.807, 2.05) is 0 Å². The van der Waals surface area contributed by atoms with Crippen molar-refractivity contribution in [3.63, 3.8) is 0 Å². The summed E-state index contributed by atoms with van der Waals surface area (Å²) in [7, 11) is 1.42. The third kappa shape index (κ3) is 1.88. The number of halogens is 1. The molecule has 0 saturated carbocycles. The van der Waals surface area contributed by atoms with E-state index >= 15 is 0 Å². The van der Waals surface area contributed by atoms with Crippen LogP contribution in [0.2, 0.25) is 0 Å². The third-order valence-electron chi connectivity index (χ3n) is 2.56. The van der Waals surface area contributed by atoms with Gasteiger partial charge in [0.1, 0.15) is 17.1 Å². The molecule has 2 aromatic rings. The van der Waals surface area contributed by atoms with E-state index in [9.17, 15) is 9.18 Å². The van der Waals surface area contributed by atoms with E-state index in [0.29, 0.717) is 11.3 Å². The van der Waals surface area contributed by atoms with Crippen molar-refractivity contribution in [1.29, 1.82) is 0 Å². The topological polar surface area (TPSA) is 88.3 Å². The lowest BCUT2D eigenvalue weighted by Crippen LogP contribution is -2.02. The fourth-order valence-electron chi connectivity index (χ4n) is 1.76. The van der Waals surface area contributed by atoms with Crippen LogP contribution in [0.5, 0.6) is 5.75 Å². The number of nitrogens with one attached hydrogen (secondary N) is 1. The average molecular weight is 250 g/mol. The molecule has 0 bridgehead atoms. The van der Waals surface area contributed by atoms with E-state index in [-0.39, 0.29) is 16.9 Å². The number of aromatic amines is 1. The fraction of sp³-hybridized carbons (Fsp3) is 0.0833. The van der Waals surface area contributed by atoms with E-state index < -0.39 is 11.8 Å². The summed E-state index contributed by atoms with van der Waals surface area (Å²) in [5.74, 6) is -1.31. The Balaban J connectivity index is 2.69. The summed E-state index contributed by atoms with van der Waals surface area (Å²) in [4.78, 5) is 13.8. The minimum absolute atomic E-state index is 0.0869. The maximum Gasteiger partial charge on any atom is 0.340 e. The zero-order valence-corrected chi connectivity index (χ0v) is 9.53. The van der Waals surface area contributed by atoms with Crippen LogP contribution in [-0.4, -0.2) is 23.2 Å². The first kappa shape index (κ1) is 12.0. The van der Waals surface area contributed by atoms with Crippen molar-refractivity contribution in [2.24, 2.45) is 0 Å². The van der Waals surface area contributed by atoms with Gasteiger partial charge in [-0.2, -0.15) is 0 Å². The van der Waals surface area contributed by atoms with Crippen LogP contribution in [0.1, 0.15) is 10.4 Å². The van der Waals surface area contributed by atoms with E-state index in [2.05, 4.69) is 4.98 Å². The normalized spacial score (nSPS) is 10.3. The summed E-state index contributed by atoms with van der Waals surface area (Å²) >= 11 is 0. The highest BCUT2D eigenvalue weighted by atomic mass is 19.1. The molecule has 4 N–H and O–H groups in total. The first-order valence-electron chi connectivity index (χ1n) is 5.08. The van der Waals surface area contributed by atoms with Gasteiger partial charge in [-0.05, 0) is 18.2 Å². The molecule has 0 radical (unpaired) electrons. The first-order valence-corrected chi connectivity index (χ1v) is 5.08. The predicted octanol–water partition coefficient (Wildman–Crippen LogP) is 2.11. The Kier molecular flexibility index (Phi) is 2.93. The van der Waals surface area contributed by atoms with Crippen LogP contribution in [-0.2, 0) is 0 Å². The molecule has 18 heavy (non-hydrogen) atoms. The van der Waals surface area contributed by atoms with Gasteiger partial charge in [-0.25, -0.2) is 9.18 Å². The van der Waals surface area contributed by atoms with Gasteiger partial charge < -0.3 is 20.6 Å². The fourth-order valence-corrected chi connectivity index (χ4v) is 1.76. The Morgan fingerprint density at radius 3 is 2.83 bits per heavy atom. The molecule has 0 saturated heterocycles. The number of anilines is 1. The van der Waals surface area contributed by atoms with E-state index in [4.69, 9.17) is 15.6 Å². The molecule has 0 aliphatic heterocycles. The highest BCUT2D eigenvalue weighted by Gasteiger charge is 2.20. The molecule has 1 heterocycles. The SMILES string of the molecule is COc1ccc(F)cc1-c1[nH]cc(N)c1C(=O)O. The van der Waals surface area contributed by atoms with Crippen LogP contribution < -0.4 is 10.5 Å². The van der Waals surface area contributed by atoms with Gasteiger partial charge in [-0.3, -0.25) is 0 Å². The van der Waals surface area contributed by atoms with Gasteiger partial charge in [0, 0.05) is 11.8 Å². The Labute approximate surface area is 102 Å². The second kappa shape index (κ2) is 4.40. The third-order valence-corrected chi connectivity index (χ3v) is 2.56. The van der Waals surface area contributed by atoms with Crippen LogP contribution in [0.4, 0.5) is 10.1 Å². The van der Waals surface area contributed by atoms with Crippen molar-refractivity contribution in [1.82, 2.24) is 4.98 Å². The van der Waals surface area contributed by atoms with Crippen LogP contribution in [0.25, 0.3) is 11.3 Å². The summed E-state index contributed by atoms with van der Waals surface area (Å²) < 4.78 is 18.3. The van der Waals surface area contributed by atoms with Crippen LogP contribution in [0.15, 0.2) is 24.4 Å². The van der Waals surface area contributed by atoms with E-state index in [1.165, 1.54) is 31.5 Å². The number of H-pyrrole nitrogens is 1. The Hall–Kier alpha value is -2.50. The summed E-state index contributed by atoms with van der Waals surface area (Å²) in [6.45, 7) is 0. The predicted molar refractivity (Wildman–Crippen MR) is 64.1 cm³/mol. The molecular formula is C12H11FN2O3. The van der Waals surface area contributed by atoms with E-state index in [0.717, 1.165) is 0 Å². The lowest BCUT2D eigenvalue weighted by Gasteiger charge is -2.08. The number of carbonyl (C=O) groups is 1. The quantitative estimate of drug-likeness (QED) is 0.778. The highest BCUT2D eigenvalue weighted by Crippen LogP contribution is 2.34. The van der Waals surface area contributed by atoms with Gasteiger partial charge in [0.25, 0.3) is 0 Å². The van der Waals surface area contributed by atoms with Gasteiger partial charge in [-0.15, -0.1) is 0 Å². The molecule has 0 amide bonds. The molecule has 0 aliphatic rings. The number of hydrogen-bond donors (Lipinski definition) is 3. The molecule has 0 fully saturated rings. The number of hydrogen-bond acceptors (Lipinski definition) is 3. The number of carboxylic acids is 1. The number of aromatic nitrogens is 1. The Morgan fingerprint density at radius 2 is 2.22 bits per heavy atom. The second-order valence-corrected chi connectivity index (χ2v) is 3.64. The number of rotatable bonds is 3. The molecule has 2 rings (SSSR count). The molecule has 0 aliphatic carbocycles. The minimum atomic E-state index is -1.19. The first-order chi connectivity index (χ1) is 8.54. The lowest BCUT2D eigenvalue weighted by atomic mass is 10.1. The van der Waals surface area contributed by atoms with Crippen LogP contribution >= 0.6 is 0 Å². The molecular weight excluding hydrogens is 239 g/mol. The molecule has 6 heteroatoms. The van der Waals surface area contributed by atoms with Gasteiger partial charge in [0.2, 0.25) is 0 Å². The van der Waals surface area contributed by atoms with Crippen molar-refractivity contribution < 1.29 is 19.0 Å². The summed E-state index contributed by atoms with van der Waals surface area (Å²) in [6, 6.07) is 3.85. The molecule has 5 nitrogen and oxygen atoms in total. The van der Waals surface area contributed by atoms with Gasteiger partial charge in [0.15, 0.2) is 0 Å². The number of benzene rings is 1. The van der Waals surface area contributed by atoms with Gasteiger partial charge >= 0.3 is 5.97 Å². The summed E-state index contributed by atoms with van der Waals surface area (Å²) in [5.41, 5.74) is 6.08. The highest BCUT2D eigenvalue weighted by molar-refractivity contribution is 6.01. The zero-order valence-electron chi connectivity index (χ0n) is 9.53. The number of aromatic carboxylic acids is 1. The molecule has 0 atom stereocenters. The molecule has 0 unspecified atom stereocenters. The van der Waals surface area contributed by atoms with E-state index in [1.54, 1.807) is 0 Å². The zero-order chi connectivity index (χ0) is 13.3. The number of carboxylic acid groups (broad SMARTS) is 1. The number of methoxy groups -OCH3 is 1. The van der Waals surface area contributed by atoms with Gasteiger partial charge in [0.05, 0.1) is 18.5 Å². The largest absolute Gasteiger partial charge is 0.496 e. The molecule has 94 valence electrons. The smallest absolute Gasteiger partial charge is 0.340 e. The Bertz CT molecular complexity index is 607. The molecule has 1 aromatic heterocycles. The Morgan fingerprint density at radius 1 is 1.50 bits per heavy atom. The lowest BCUT2D eigenvalue weighted by molar-refractivity contribution is 0.0699. The van der Waals surface area contributed by atoms with Crippen molar-refractivity contribution in [3.05, 3.63) is 35.8 Å². The van der Waals surface area contributed by atoms with Crippen LogP contribution in [0.3, 0.4) is 0 Å². The average Bonchev–Trinajstić information content (AvgIpc) is 2.71. The maximum atomic E-state index is 13.3. The minimum Gasteiger partial charge on any atom is -0.496 e. The number of ether oxygens (including phenoxy) is 1. The van der Waals surface area contributed by atoms with Crippen molar-refractivity contribution in [3.8, 4) is 17.0 Å². The number of nitrogen functional groups attached to an aromatic ring is 1. The summed E-state index contributed by atoms with van der Waals surface area (Å²) in [5, 5.41) is 9.10.